The number of ether oxygens (including phenoxy) is 2. The summed E-state index contributed by atoms with van der Waals surface area (Å²) in [6, 6.07) is 16.1. The van der Waals surface area contributed by atoms with E-state index in [1.807, 2.05) is 50.2 Å². The van der Waals surface area contributed by atoms with Gasteiger partial charge in [-0.3, -0.25) is 5.01 Å². The number of nitrogens with two attached hydrogens (primary N) is 1. The number of aliphatic imine (C=N–C) groups is 1. The van der Waals surface area contributed by atoms with Crippen LogP contribution in [0.1, 0.15) is 23.6 Å². The van der Waals surface area contributed by atoms with Crippen LogP contribution in [0.15, 0.2) is 70.1 Å². The first-order chi connectivity index (χ1) is 14.5. The fraction of sp³-hybridized carbons (Fsp3) is 0.304. The van der Waals surface area contributed by atoms with E-state index in [2.05, 4.69) is 36.3 Å². The zero-order valence-corrected chi connectivity index (χ0v) is 17.8. The van der Waals surface area contributed by atoms with E-state index in [1.54, 1.807) is 5.01 Å². The Hall–Kier alpha value is -3.48. The van der Waals surface area contributed by atoms with E-state index in [1.165, 1.54) is 5.56 Å². The largest absolute Gasteiger partial charge is 0.493 e. The summed E-state index contributed by atoms with van der Waals surface area (Å²) in [4.78, 5) is 6.88. The maximum Gasteiger partial charge on any atom is 0.244 e. The smallest absolute Gasteiger partial charge is 0.244 e. The van der Waals surface area contributed by atoms with Crippen LogP contribution in [0.2, 0.25) is 0 Å². The molecule has 2 heterocycles. The number of hydrogen-bond acceptors (Lipinski definition) is 7. The van der Waals surface area contributed by atoms with Crippen molar-refractivity contribution >= 4 is 11.6 Å². The van der Waals surface area contributed by atoms with Gasteiger partial charge in [0, 0.05) is 14.1 Å². The fourth-order valence-corrected chi connectivity index (χ4v) is 3.50. The van der Waals surface area contributed by atoms with Gasteiger partial charge in [0.25, 0.3) is 0 Å². The highest BCUT2D eigenvalue weighted by Gasteiger charge is 2.35. The minimum absolute atomic E-state index is 0.493. The number of hydrazone groups is 1. The summed E-state index contributed by atoms with van der Waals surface area (Å²) in [5.74, 6) is 1.81. The highest BCUT2D eigenvalue weighted by atomic mass is 16.5. The Kier molecular flexibility index (Phi) is 5.35. The van der Waals surface area contributed by atoms with Crippen molar-refractivity contribution in [2.45, 2.75) is 20.1 Å². The maximum absolute atomic E-state index is 6.41. The standard InChI is InChI=1S/C23H27N5O2/c1-5-29-19-9-7-6-8-17(19)22-26-28(4)23(30-22)20-21(24)27(3)14-18(25-20)16-12-10-15(2)11-13-16/h6-13,23H,5,14,24H2,1-4H3. The second-order valence-electron chi connectivity index (χ2n) is 7.43. The molecule has 156 valence electrons. The van der Waals surface area contributed by atoms with Gasteiger partial charge in [-0.15, -0.1) is 5.10 Å². The molecule has 0 bridgehead atoms. The summed E-state index contributed by atoms with van der Waals surface area (Å²) in [7, 11) is 3.82. The molecule has 7 nitrogen and oxygen atoms in total. The third kappa shape index (κ3) is 3.70. The monoisotopic (exact) mass is 405 g/mol. The fourth-order valence-electron chi connectivity index (χ4n) is 3.50. The van der Waals surface area contributed by atoms with E-state index in [0.717, 1.165) is 22.6 Å². The molecule has 4 rings (SSSR count). The molecule has 2 aliphatic rings. The molecule has 1 atom stereocenters. The van der Waals surface area contributed by atoms with Crippen LogP contribution in [-0.2, 0) is 4.74 Å². The number of rotatable bonds is 5. The highest BCUT2D eigenvalue weighted by Crippen LogP contribution is 2.29. The number of likely N-dealkylation sites (N-methyl/N-ethyl adjacent to an activating group) is 2. The summed E-state index contributed by atoms with van der Waals surface area (Å²) in [6.45, 7) is 5.22. The van der Waals surface area contributed by atoms with Crippen LogP contribution in [-0.4, -0.2) is 55.0 Å². The van der Waals surface area contributed by atoms with Gasteiger partial charge < -0.3 is 20.1 Å². The summed E-state index contributed by atoms with van der Waals surface area (Å²) in [6.07, 6.45) is -0.516. The van der Waals surface area contributed by atoms with E-state index in [4.69, 9.17) is 20.2 Å². The van der Waals surface area contributed by atoms with Gasteiger partial charge in [-0.05, 0) is 31.5 Å². The minimum atomic E-state index is -0.516. The van der Waals surface area contributed by atoms with E-state index in [-0.39, 0.29) is 0 Å². The SMILES string of the molecule is CCOc1ccccc1C1=NN(C)C(C2=C(N)N(C)CC(c3ccc(C)cc3)=N2)O1. The van der Waals surface area contributed by atoms with Gasteiger partial charge >= 0.3 is 0 Å². The molecular weight excluding hydrogens is 378 g/mol. The Balaban J connectivity index is 1.65. The first-order valence-electron chi connectivity index (χ1n) is 10.0. The predicted octanol–water partition coefficient (Wildman–Crippen LogP) is 2.91. The molecule has 0 aromatic heterocycles. The van der Waals surface area contributed by atoms with Gasteiger partial charge in [0.1, 0.15) is 17.3 Å². The lowest BCUT2D eigenvalue weighted by Gasteiger charge is -2.30. The van der Waals surface area contributed by atoms with Crippen molar-refractivity contribution in [3.8, 4) is 5.75 Å². The lowest BCUT2D eigenvalue weighted by atomic mass is 10.1. The molecule has 0 saturated carbocycles. The lowest BCUT2D eigenvalue weighted by Crippen LogP contribution is -2.39. The van der Waals surface area contributed by atoms with Crippen molar-refractivity contribution in [3.05, 3.63) is 76.7 Å². The van der Waals surface area contributed by atoms with Crippen molar-refractivity contribution in [2.75, 3.05) is 27.2 Å². The number of nitrogens with zero attached hydrogens (tertiary/aromatic N) is 4. The topological polar surface area (TPSA) is 75.7 Å². The molecule has 2 aliphatic heterocycles. The van der Waals surface area contributed by atoms with Gasteiger partial charge in [-0.2, -0.15) is 0 Å². The van der Waals surface area contributed by atoms with E-state index >= 15 is 0 Å². The van der Waals surface area contributed by atoms with Gasteiger partial charge in [0.2, 0.25) is 12.1 Å². The Morgan fingerprint density at radius 2 is 1.87 bits per heavy atom. The first-order valence-corrected chi connectivity index (χ1v) is 10.0. The normalized spacial score (nSPS) is 18.9. The minimum Gasteiger partial charge on any atom is -0.493 e. The van der Waals surface area contributed by atoms with Gasteiger partial charge in [0.05, 0.1) is 24.4 Å². The number of hydrogen-bond donors (Lipinski definition) is 1. The molecule has 0 spiro atoms. The van der Waals surface area contributed by atoms with E-state index in [0.29, 0.717) is 30.6 Å². The number of benzene rings is 2. The second kappa shape index (κ2) is 8.10. The highest BCUT2D eigenvalue weighted by molar-refractivity contribution is 6.03. The van der Waals surface area contributed by atoms with Crippen LogP contribution < -0.4 is 10.5 Å². The Morgan fingerprint density at radius 1 is 1.13 bits per heavy atom. The summed E-state index contributed by atoms with van der Waals surface area (Å²) < 4.78 is 12.0. The van der Waals surface area contributed by atoms with Crippen molar-refractivity contribution in [1.82, 2.24) is 9.91 Å². The lowest BCUT2D eigenvalue weighted by molar-refractivity contribution is 0.106. The van der Waals surface area contributed by atoms with Crippen LogP contribution in [0.25, 0.3) is 0 Å². The number of aryl methyl sites for hydroxylation is 1. The molecule has 0 amide bonds. The molecule has 0 radical (unpaired) electrons. The summed E-state index contributed by atoms with van der Waals surface area (Å²) >= 11 is 0. The Labute approximate surface area is 177 Å². The van der Waals surface area contributed by atoms with Gasteiger partial charge in [-0.1, -0.05) is 42.0 Å². The Morgan fingerprint density at radius 3 is 2.60 bits per heavy atom. The molecule has 0 fully saturated rings. The van der Waals surface area contributed by atoms with Gasteiger partial charge in [-0.25, -0.2) is 4.99 Å². The van der Waals surface area contributed by atoms with E-state index in [9.17, 15) is 0 Å². The second-order valence-corrected chi connectivity index (χ2v) is 7.43. The van der Waals surface area contributed by atoms with Crippen molar-refractivity contribution in [1.29, 1.82) is 0 Å². The Bertz CT molecular complexity index is 1030. The van der Waals surface area contributed by atoms with E-state index < -0.39 is 6.23 Å². The van der Waals surface area contributed by atoms with Gasteiger partial charge in [0.15, 0.2) is 0 Å². The molecule has 30 heavy (non-hydrogen) atoms. The van der Waals surface area contributed by atoms with Crippen LogP contribution in [0.4, 0.5) is 0 Å². The predicted molar refractivity (Wildman–Crippen MR) is 118 cm³/mol. The molecule has 2 aromatic rings. The van der Waals surface area contributed by atoms with Crippen molar-refractivity contribution in [2.24, 2.45) is 15.8 Å². The molecule has 1 unspecified atom stereocenters. The first kappa shape index (κ1) is 19.8. The summed E-state index contributed by atoms with van der Waals surface area (Å²) in [5, 5.41) is 6.34. The molecule has 2 aromatic carbocycles. The van der Waals surface area contributed by atoms with Crippen LogP contribution in [0.5, 0.6) is 5.75 Å². The van der Waals surface area contributed by atoms with Crippen molar-refractivity contribution < 1.29 is 9.47 Å². The average Bonchev–Trinajstić information content (AvgIpc) is 3.12. The number of para-hydroxylation sites is 1. The molecule has 0 saturated heterocycles. The zero-order valence-electron chi connectivity index (χ0n) is 17.8. The molecule has 0 aliphatic carbocycles. The molecule has 7 heteroatoms. The quantitative estimate of drug-likeness (QED) is 0.828. The maximum atomic E-state index is 6.41. The molecular formula is C23H27N5O2. The van der Waals surface area contributed by atoms with Crippen LogP contribution in [0.3, 0.4) is 0 Å². The van der Waals surface area contributed by atoms with Crippen LogP contribution in [0, 0.1) is 6.92 Å². The third-order valence-electron chi connectivity index (χ3n) is 5.16. The molecule has 2 N–H and O–H groups in total. The summed E-state index contributed by atoms with van der Waals surface area (Å²) in [5.41, 5.74) is 11.1. The zero-order chi connectivity index (χ0) is 21.3. The average molecular weight is 406 g/mol. The van der Waals surface area contributed by atoms with Crippen LogP contribution >= 0.6 is 0 Å². The third-order valence-corrected chi connectivity index (χ3v) is 5.16. The van der Waals surface area contributed by atoms with Crippen molar-refractivity contribution in [3.63, 3.8) is 0 Å².